The van der Waals surface area contributed by atoms with Crippen molar-refractivity contribution in [1.29, 1.82) is 0 Å². The van der Waals surface area contributed by atoms with Crippen LogP contribution in [0, 0.1) is 0 Å². The summed E-state index contributed by atoms with van der Waals surface area (Å²) in [6.45, 7) is 3.35. The van der Waals surface area contributed by atoms with E-state index in [0.29, 0.717) is 12.8 Å². The summed E-state index contributed by atoms with van der Waals surface area (Å²) < 4.78 is 22.1. The second-order valence-electron chi connectivity index (χ2n) is 15.5. The van der Waals surface area contributed by atoms with Crippen molar-refractivity contribution in [2.75, 3.05) is 19.8 Å². The highest BCUT2D eigenvalue weighted by atomic mass is 16.7. The lowest BCUT2D eigenvalue weighted by atomic mass is 9.99. The van der Waals surface area contributed by atoms with Crippen molar-refractivity contribution in [2.24, 2.45) is 0 Å². The lowest BCUT2D eigenvalue weighted by molar-refractivity contribution is -0.305. The SMILES string of the molecule is CCCCC/C=C/C/C=C/CCCCCCCCCC(=O)OC[C@@H](CO[C@H]1O[C@@H](CO)[C@@H](O)C(O)C1O)OC(=O)CCCCCCC/C=C/C=C/CCCCCC. The number of unbranched alkanes of at least 4 members (excludes halogenated alkanes) is 19. The molecule has 330 valence electrons. The van der Waals surface area contributed by atoms with Crippen LogP contribution in [0.5, 0.6) is 0 Å². The van der Waals surface area contributed by atoms with Gasteiger partial charge in [-0.1, -0.05) is 146 Å². The van der Waals surface area contributed by atoms with Crippen molar-refractivity contribution >= 4 is 11.9 Å². The molecule has 1 heterocycles. The van der Waals surface area contributed by atoms with Gasteiger partial charge in [0.1, 0.15) is 31.0 Å². The van der Waals surface area contributed by atoms with E-state index in [-0.39, 0.29) is 32.0 Å². The molecule has 0 radical (unpaired) electrons. The molecule has 0 spiro atoms. The van der Waals surface area contributed by atoms with Crippen molar-refractivity contribution in [3.8, 4) is 0 Å². The zero-order valence-electron chi connectivity index (χ0n) is 35.8. The standard InChI is InChI=1S/C47H82O10/c1-3-5-7-9-11-13-15-17-19-20-22-23-25-27-29-31-33-35-42(49)54-38-40(39-55-47-46(53)45(52)44(51)41(37-48)57-47)56-43(50)36-34-32-30-28-26-24-21-18-16-14-12-10-8-6-4-2/h11,13-14,16-19,21,40-41,44-48,51-53H,3-10,12,15,20,22-39H2,1-2H3/b13-11+,16-14+,19-17+,21-18+/t40-,41-,44+,45?,46?,47-/m0/s1. The minimum absolute atomic E-state index is 0.209. The Balaban J connectivity index is 2.34. The first-order valence-corrected chi connectivity index (χ1v) is 22.7. The monoisotopic (exact) mass is 807 g/mol. The van der Waals surface area contributed by atoms with Crippen molar-refractivity contribution in [2.45, 2.75) is 218 Å². The first kappa shape index (κ1) is 52.7. The fourth-order valence-electron chi connectivity index (χ4n) is 6.56. The topological polar surface area (TPSA) is 152 Å². The summed E-state index contributed by atoms with van der Waals surface area (Å²) in [6.07, 6.45) is 36.8. The fourth-order valence-corrected chi connectivity index (χ4v) is 6.56. The third-order valence-corrected chi connectivity index (χ3v) is 10.2. The maximum atomic E-state index is 12.8. The first-order chi connectivity index (χ1) is 27.8. The summed E-state index contributed by atoms with van der Waals surface area (Å²) in [5.74, 6) is -0.834. The quantitative estimate of drug-likeness (QED) is 0.0207. The summed E-state index contributed by atoms with van der Waals surface area (Å²) in [5.41, 5.74) is 0. The molecule has 4 N–H and O–H groups in total. The molecule has 1 rings (SSSR count). The maximum absolute atomic E-state index is 12.8. The first-order valence-electron chi connectivity index (χ1n) is 22.7. The van der Waals surface area contributed by atoms with Crippen LogP contribution in [0.2, 0.25) is 0 Å². The van der Waals surface area contributed by atoms with Crippen LogP contribution in [-0.4, -0.2) is 89.0 Å². The minimum Gasteiger partial charge on any atom is -0.462 e. The normalized spacial score (nSPS) is 20.7. The van der Waals surface area contributed by atoms with E-state index in [1.165, 1.54) is 70.6 Å². The van der Waals surface area contributed by atoms with Crippen LogP contribution >= 0.6 is 0 Å². The molecule has 57 heavy (non-hydrogen) atoms. The van der Waals surface area contributed by atoms with E-state index in [1.807, 2.05) is 0 Å². The number of aliphatic hydroxyl groups excluding tert-OH is 4. The molecule has 0 aromatic rings. The molecular formula is C47H82O10. The van der Waals surface area contributed by atoms with Crippen LogP contribution in [0.25, 0.3) is 0 Å². The Morgan fingerprint density at radius 3 is 1.60 bits per heavy atom. The van der Waals surface area contributed by atoms with Gasteiger partial charge < -0.3 is 39.4 Å². The Morgan fingerprint density at radius 1 is 0.561 bits per heavy atom. The molecular weight excluding hydrogens is 725 g/mol. The molecule has 0 saturated carbocycles. The number of hydrogen-bond donors (Lipinski definition) is 4. The third-order valence-electron chi connectivity index (χ3n) is 10.2. The van der Waals surface area contributed by atoms with Gasteiger partial charge in [-0.05, 0) is 70.6 Å². The van der Waals surface area contributed by atoms with E-state index in [1.54, 1.807) is 0 Å². The van der Waals surface area contributed by atoms with Crippen LogP contribution in [-0.2, 0) is 28.5 Å². The molecule has 1 saturated heterocycles. The van der Waals surface area contributed by atoms with Gasteiger partial charge in [0.15, 0.2) is 12.4 Å². The van der Waals surface area contributed by atoms with E-state index in [4.69, 9.17) is 18.9 Å². The van der Waals surface area contributed by atoms with Crippen LogP contribution in [0.4, 0.5) is 0 Å². The zero-order chi connectivity index (χ0) is 41.6. The molecule has 0 aromatic heterocycles. The molecule has 0 aliphatic carbocycles. The summed E-state index contributed by atoms with van der Waals surface area (Å²) in [6, 6.07) is 0. The van der Waals surface area contributed by atoms with E-state index < -0.39 is 49.4 Å². The molecule has 10 heteroatoms. The van der Waals surface area contributed by atoms with Gasteiger partial charge in [-0.25, -0.2) is 0 Å². The van der Waals surface area contributed by atoms with Crippen LogP contribution < -0.4 is 0 Å². The molecule has 0 bridgehead atoms. The highest BCUT2D eigenvalue weighted by Gasteiger charge is 2.44. The van der Waals surface area contributed by atoms with Crippen LogP contribution in [0.3, 0.4) is 0 Å². The summed E-state index contributed by atoms with van der Waals surface area (Å²) in [4.78, 5) is 25.3. The van der Waals surface area contributed by atoms with Crippen LogP contribution in [0.15, 0.2) is 48.6 Å². The van der Waals surface area contributed by atoms with Gasteiger partial charge in [0.2, 0.25) is 0 Å². The van der Waals surface area contributed by atoms with Crippen molar-refractivity contribution in [3.63, 3.8) is 0 Å². The van der Waals surface area contributed by atoms with Gasteiger partial charge in [-0.2, -0.15) is 0 Å². The number of rotatable bonds is 37. The van der Waals surface area contributed by atoms with Gasteiger partial charge in [-0.15, -0.1) is 0 Å². The molecule has 2 unspecified atom stereocenters. The summed E-state index contributed by atoms with van der Waals surface area (Å²) in [5, 5.41) is 40.1. The van der Waals surface area contributed by atoms with E-state index in [9.17, 15) is 30.0 Å². The Kier molecular flexibility index (Phi) is 35.0. The number of hydrogen-bond acceptors (Lipinski definition) is 10. The van der Waals surface area contributed by atoms with Gasteiger partial charge in [0, 0.05) is 12.8 Å². The summed E-state index contributed by atoms with van der Waals surface area (Å²) in [7, 11) is 0. The van der Waals surface area contributed by atoms with Gasteiger partial charge in [-0.3, -0.25) is 9.59 Å². The number of ether oxygens (including phenoxy) is 4. The Hall–Kier alpha value is -2.34. The molecule has 0 amide bonds. The minimum atomic E-state index is -1.60. The van der Waals surface area contributed by atoms with Crippen LogP contribution in [0.1, 0.15) is 181 Å². The summed E-state index contributed by atoms with van der Waals surface area (Å²) >= 11 is 0. The van der Waals surface area contributed by atoms with Crippen molar-refractivity contribution < 1.29 is 49.0 Å². The number of esters is 2. The number of carbonyl (C=O) groups is 2. The Morgan fingerprint density at radius 2 is 1.04 bits per heavy atom. The fraction of sp³-hybridized carbons (Fsp3) is 0.787. The lowest BCUT2D eigenvalue weighted by Crippen LogP contribution is -2.59. The molecule has 0 aromatic carbocycles. The average Bonchev–Trinajstić information content (AvgIpc) is 3.21. The number of carbonyl (C=O) groups excluding carboxylic acids is 2. The second kappa shape index (κ2) is 37.9. The van der Waals surface area contributed by atoms with E-state index in [2.05, 4.69) is 62.5 Å². The van der Waals surface area contributed by atoms with Gasteiger partial charge in [0.05, 0.1) is 13.2 Å². The van der Waals surface area contributed by atoms with Crippen molar-refractivity contribution in [3.05, 3.63) is 48.6 Å². The largest absolute Gasteiger partial charge is 0.462 e. The molecule has 6 atom stereocenters. The predicted molar refractivity (Wildman–Crippen MR) is 229 cm³/mol. The average molecular weight is 807 g/mol. The third kappa shape index (κ3) is 29.5. The second-order valence-corrected chi connectivity index (χ2v) is 15.5. The molecule has 1 aliphatic rings. The van der Waals surface area contributed by atoms with E-state index >= 15 is 0 Å². The zero-order valence-corrected chi connectivity index (χ0v) is 35.8. The predicted octanol–water partition coefficient (Wildman–Crippen LogP) is 9.67. The van der Waals surface area contributed by atoms with Gasteiger partial charge in [0.25, 0.3) is 0 Å². The Bertz CT molecular complexity index is 1070. The highest BCUT2D eigenvalue weighted by Crippen LogP contribution is 2.22. The smallest absolute Gasteiger partial charge is 0.306 e. The molecule has 10 nitrogen and oxygen atoms in total. The maximum Gasteiger partial charge on any atom is 0.306 e. The van der Waals surface area contributed by atoms with E-state index in [0.717, 1.165) is 70.6 Å². The molecule has 1 aliphatic heterocycles. The van der Waals surface area contributed by atoms with Crippen molar-refractivity contribution in [1.82, 2.24) is 0 Å². The lowest BCUT2D eigenvalue weighted by Gasteiger charge is -2.39. The number of aliphatic hydroxyl groups is 4. The van der Waals surface area contributed by atoms with Gasteiger partial charge >= 0.3 is 11.9 Å². The number of allylic oxidation sites excluding steroid dienone is 8. The highest BCUT2D eigenvalue weighted by molar-refractivity contribution is 5.70. The Labute approximate surface area is 346 Å². The molecule has 1 fully saturated rings.